The Balaban J connectivity index is 0.00000324. The SMILES string of the molecule is CCCNCCNC(=O)CCc1ccccc1Br.Cl. The van der Waals surface area contributed by atoms with E-state index in [2.05, 4.69) is 33.5 Å². The van der Waals surface area contributed by atoms with Crippen LogP contribution in [0.3, 0.4) is 0 Å². The third kappa shape index (κ3) is 8.24. The van der Waals surface area contributed by atoms with Crippen molar-refractivity contribution < 1.29 is 4.79 Å². The number of nitrogens with one attached hydrogen (secondary N) is 2. The van der Waals surface area contributed by atoms with Gasteiger partial charge in [-0.05, 0) is 31.0 Å². The summed E-state index contributed by atoms with van der Waals surface area (Å²) in [5.74, 6) is 0.115. The highest BCUT2D eigenvalue weighted by molar-refractivity contribution is 9.10. The third-order valence-electron chi connectivity index (χ3n) is 2.63. The fraction of sp³-hybridized carbons (Fsp3) is 0.500. The number of benzene rings is 1. The maximum Gasteiger partial charge on any atom is 0.220 e. The van der Waals surface area contributed by atoms with Gasteiger partial charge in [0.2, 0.25) is 5.91 Å². The minimum atomic E-state index is 0. The van der Waals surface area contributed by atoms with E-state index in [0.717, 1.165) is 30.4 Å². The van der Waals surface area contributed by atoms with E-state index in [1.807, 2.05) is 24.3 Å². The summed E-state index contributed by atoms with van der Waals surface area (Å²) >= 11 is 3.49. The molecule has 0 aliphatic rings. The van der Waals surface area contributed by atoms with Crippen LogP contribution in [-0.2, 0) is 11.2 Å². The summed E-state index contributed by atoms with van der Waals surface area (Å²) in [5, 5.41) is 6.17. The predicted octanol–water partition coefficient (Wildman–Crippen LogP) is 2.92. The minimum absolute atomic E-state index is 0. The molecular weight excluding hydrogens is 328 g/mol. The number of aryl methyl sites for hydroxylation is 1. The molecule has 0 atom stereocenters. The lowest BCUT2D eigenvalue weighted by atomic mass is 10.1. The van der Waals surface area contributed by atoms with Gasteiger partial charge in [0.05, 0.1) is 0 Å². The summed E-state index contributed by atoms with van der Waals surface area (Å²) in [5.41, 5.74) is 1.18. The fourth-order valence-electron chi connectivity index (χ4n) is 1.63. The van der Waals surface area contributed by atoms with E-state index in [1.165, 1.54) is 5.56 Å². The maximum absolute atomic E-state index is 11.6. The Kier molecular flexibility index (Phi) is 10.9. The first kappa shape index (κ1) is 18.4. The largest absolute Gasteiger partial charge is 0.355 e. The molecular formula is C14H22BrClN2O. The first-order valence-corrected chi connectivity index (χ1v) is 7.24. The molecule has 0 aliphatic heterocycles. The van der Waals surface area contributed by atoms with Crippen molar-refractivity contribution in [3.8, 4) is 0 Å². The Morgan fingerprint density at radius 3 is 2.63 bits per heavy atom. The van der Waals surface area contributed by atoms with Crippen LogP contribution in [0.4, 0.5) is 0 Å². The molecule has 3 nitrogen and oxygen atoms in total. The second kappa shape index (κ2) is 11.3. The molecule has 1 aromatic carbocycles. The molecule has 0 heterocycles. The Labute approximate surface area is 130 Å². The Bertz CT molecular complexity index is 374. The normalized spacial score (nSPS) is 9.79. The lowest BCUT2D eigenvalue weighted by Gasteiger charge is -2.07. The molecule has 1 amide bonds. The van der Waals surface area contributed by atoms with Crippen LogP contribution in [0.25, 0.3) is 0 Å². The quantitative estimate of drug-likeness (QED) is 0.709. The van der Waals surface area contributed by atoms with Gasteiger partial charge in [-0.15, -0.1) is 12.4 Å². The third-order valence-corrected chi connectivity index (χ3v) is 3.40. The second-order valence-electron chi connectivity index (χ2n) is 4.19. The van der Waals surface area contributed by atoms with Crippen molar-refractivity contribution in [1.82, 2.24) is 10.6 Å². The molecule has 0 aliphatic carbocycles. The molecule has 0 bridgehead atoms. The van der Waals surface area contributed by atoms with Gasteiger partial charge in [0.15, 0.2) is 0 Å². The molecule has 19 heavy (non-hydrogen) atoms. The molecule has 5 heteroatoms. The zero-order chi connectivity index (χ0) is 13.2. The van der Waals surface area contributed by atoms with Crippen LogP contribution >= 0.6 is 28.3 Å². The fourth-order valence-corrected chi connectivity index (χ4v) is 2.11. The van der Waals surface area contributed by atoms with Gasteiger partial charge >= 0.3 is 0 Å². The number of hydrogen-bond acceptors (Lipinski definition) is 2. The molecule has 108 valence electrons. The van der Waals surface area contributed by atoms with Gasteiger partial charge in [0.25, 0.3) is 0 Å². The summed E-state index contributed by atoms with van der Waals surface area (Å²) < 4.78 is 1.07. The van der Waals surface area contributed by atoms with Crippen LogP contribution in [0.15, 0.2) is 28.7 Å². The molecule has 0 spiro atoms. The summed E-state index contributed by atoms with van der Waals surface area (Å²) in [7, 11) is 0. The average molecular weight is 350 g/mol. The summed E-state index contributed by atoms with van der Waals surface area (Å²) in [6.07, 6.45) is 2.43. The smallest absolute Gasteiger partial charge is 0.220 e. The van der Waals surface area contributed by atoms with Crippen LogP contribution in [0.5, 0.6) is 0 Å². The highest BCUT2D eigenvalue weighted by Crippen LogP contribution is 2.17. The van der Waals surface area contributed by atoms with Crippen molar-refractivity contribution in [2.24, 2.45) is 0 Å². The number of carbonyl (C=O) groups is 1. The highest BCUT2D eigenvalue weighted by atomic mass is 79.9. The van der Waals surface area contributed by atoms with Gasteiger partial charge in [0, 0.05) is 24.0 Å². The van der Waals surface area contributed by atoms with E-state index in [-0.39, 0.29) is 18.3 Å². The van der Waals surface area contributed by atoms with Crippen molar-refractivity contribution >= 4 is 34.2 Å². The lowest BCUT2D eigenvalue weighted by Crippen LogP contribution is -2.32. The molecule has 0 saturated heterocycles. The predicted molar refractivity (Wildman–Crippen MR) is 85.9 cm³/mol. The lowest BCUT2D eigenvalue weighted by molar-refractivity contribution is -0.121. The van der Waals surface area contributed by atoms with Crippen LogP contribution in [0.2, 0.25) is 0 Å². The molecule has 0 saturated carbocycles. The maximum atomic E-state index is 11.6. The Morgan fingerprint density at radius 2 is 1.95 bits per heavy atom. The summed E-state index contributed by atoms with van der Waals surface area (Å²) in [4.78, 5) is 11.6. The standard InChI is InChI=1S/C14H21BrN2O.ClH/c1-2-9-16-10-11-17-14(18)8-7-12-5-3-4-6-13(12)15;/h3-6,16H,2,7-11H2,1H3,(H,17,18);1H. The molecule has 0 aromatic heterocycles. The second-order valence-corrected chi connectivity index (χ2v) is 5.05. The summed E-state index contributed by atoms with van der Waals surface area (Å²) in [6, 6.07) is 8.02. The van der Waals surface area contributed by atoms with Gasteiger partial charge in [-0.2, -0.15) is 0 Å². The molecule has 0 fully saturated rings. The van der Waals surface area contributed by atoms with Gasteiger partial charge in [-0.3, -0.25) is 4.79 Å². The first-order chi connectivity index (χ1) is 8.74. The highest BCUT2D eigenvalue weighted by Gasteiger charge is 2.03. The van der Waals surface area contributed by atoms with E-state index in [9.17, 15) is 4.79 Å². The van der Waals surface area contributed by atoms with E-state index >= 15 is 0 Å². The van der Waals surface area contributed by atoms with E-state index in [0.29, 0.717) is 13.0 Å². The zero-order valence-electron chi connectivity index (χ0n) is 11.2. The zero-order valence-corrected chi connectivity index (χ0v) is 13.6. The van der Waals surface area contributed by atoms with Crippen molar-refractivity contribution in [2.45, 2.75) is 26.2 Å². The van der Waals surface area contributed by atoms with Gasteiger partial charge in [0.1, 0.15) is 0 Å². The van der Waals surface area contributed by atoms with E-state index in [4.69, 9.17) is 0 Å². The first-order valence-electron chi connectivity index (χ1n) is 6.45. The average Bonchev–Trinajstić information content (AvgIpc) is 2.37. The molecule has 1 rings (SSSR count). The van der Waals surface area contributed by atoms with Gasteiger partial charge in [-0.1, -0.05) is 41.1 Å². The molecule has 1 aromatic rings. The van der Waals surface area contributed by atoms with E-state index < -0.39 is 0 Å². The topological polar surface area (TPSA) is 41.1 Å². The van der Waals surface area contributed by atoms with Gasteiger partial charge in [-0.25, -0.2) is 0 Å². The van der Waals surface area contributed by atoms with Crippen LogP contribution < -0.4 is 10.6 Å². The summed E-state index contributed by atoms with van der Waals surface area (Å²) in [6.45, 7) is 4.68. The number of amides is 1. The van der Waals surface area contributed by atoms with Crippen LogP contribution in [0, 0.1) is 0 Å². The van der Waals surface area contributed by atoms with Crippen molar-refractivity contribution in [3.05, 3.63) is 34.3 Å². The van der Waals surface area contributed by atoms with Crippen molar-refractivity contribution in [3.63, 3.8) is 0 Å². The molecule has 0 unspecified atom stereocenters. The molecule has 0 radical (unpaired) electrons. The monoisotopic (exact) mass is 348 g/mol. The molecule has 2 N–H and O–H groups in total. The Morgan fingerprint density at radius 1 is 1.21 bits per heavy atom. The number of rotatable bonds is 8. The van der Waals surface area contributed by atoms with E-state index in [1.54, 1.807) is 0 Å². The van der Waals surface area contributed by atoms with Gasteiger partial charge < -0.3 is 10.6 Å². The van der Waals surface area contributed by atoms with Crippen molar-refractivity contribution in [2.75, 3.05) is 19.6 Å². The minimum Gasteiger partial charge on any atom is -0.355 e. The number of hydrogen-bond donors (Lipinski definition) is 2. The number of carbonyl (C=O) groups excluding carboxylic acids is 1. The van der Waals surface area contributed by atoms with Crippen LogP contribution in [-0.4, -0.2) is 25.5 Å². The number of halogens is 2. The Hall–Kier alpha value is -0.580. The van der Waals surface area contributed by atoms with Crippen LogP contribution in [0.1, 0.15) is 25.3 Å². The van der Waals surface area contributed by atoms with Crippen molar-refractivity contribution in [1.29, 1.82) is 0 Å².